The maximum Gasteiger partial charge on any atom is 0.0965 e. The zero-order chi connectivity index (χ0) is 12.2. The van der Waals surface area contributed by atoms with Crippen LogP contribution >= 0.6 is 0 Å². The molecular formula is C12H25N3O. The van der Waals surface area contributed by atoms with Crippen LogP contribution in [-0.2, 0) is 4.74 Å². The number of hydrogen-bond acceptors (Lipinski definition) is 4. The second kappa shape index (κ2) is 10.9. The van der Waals surface area contributed by atoms with Gasteiger partial charge in [0.15, 0.2) is 0 Å². The maximum absolute atomic E-state index is 8.90. The molecule has 1 N–H and O–H groups in total. The van der Waals surface area contributed by atoms with Gasteiger partial charge < -0.3 is 15.0 Å². The topological polar surface area (TPSA) is 48.3 Å². The summed E-state index contributed by atoms with van der Waals surface area (Å²) in [5.41, 5.74) is 0. The van der Waals surface area contributed by atoms with Crippen LogP contribution in [0.5, 0.6) is 0 Å². The second-order valence-corrected chi connectivity index (χ2v) is 3.66. The van der Waals surface area contributed by atoms with E-state index in [4.69, 9.17) is 10.00 Å². The quantitative estimate of drug-likeness (QED) is 0.570. The van der Waals surface area contributed by atoms with Crippen LogP contribution < -0.4 is 5.32 Å². The summed E-state index contributed by atoms with van der Waals surface area (Å²) >= 11 is 0. The first-order valence-corrected chi connectivity index (χ1v) is 6.21. The van der Waals surface area contributed by atoms with Gasteiger partial charge in [-0.05, 0) is 26.4 Å². The van der Waals surface area contributed by atoms with E-state index in [2.05, 4.69) is 23.2 Å². The van der Waals surface area contributed by atoms with Crippen LogP contribution in [0.15, 0.2) is 0 Å². The van der Waals surface area contributed by atoms with Crippen LogP contribution in [0.25, 0.3) is 0 Å². The minimum absolute atomic E-state index is 0.0221. The fourth-order valence-electron chi connectivity index (χ4n) is 1.54. The lowest BCUT2D eigenvalue weighted by Gasteiger charge is -2.21. The van der Waals surface area contributed by atoms with E-state index in [0.717, 1.165) is 45.8 Å². The van der Waals surface area contributed by atoms with Crippen molar-refractivity contribution in [2.75, 3.05) is 39.4 Å². The van der Waals surface area contributed by atoms with E-state index in [0.29, 0.717) is 0 Å². The molecule has 0 aromatic heterocycles. The van der Waals surface area contributed by atoms with Crippen molar-refractivity contribution in [2.24, 2.45) is 0 Å². The SMILES string of the molecule is CCNC(C#N)CCN(CC)CCOCC. The highest BCUT2D eigenvalue weighted by molar-refractivity contribution is 4.89. The molecule has 0 rings (SSSR count). The zero-order valence-corrected chi connectivity index (χ0v) is 10.8. The van der Waals surface area contributed by atoms with Crippen molar-refractivity contribution in [1.82, 2.24) is 10.2 Å². The average molecular weight is 227 g/mol. The van der Waals surface area contributed by atoms with Gasteiger partial charge >= 0.3 is 0 Å². The van der Waals surface area contributed by atoms with Gasteiger partial charge in [0.1, 0.15) is 0 Å². The molecule has 0 aliphatic carbocycles. The molecule has 16 heavy (non-hydrogen) atoms. The summed E-state index contributed by atoms with van der Waals surface area (Å²) in [6, 6.07) is 2.26. The number of hydrogen-bond donors (Lipinski definition) is 1. The van der Waals surface area contributed by atoms with Crippen LogP contribution in [-0.4, -0.2) is 50.3 Å². The van der Waals surface area contributed by atoms with Gasteiger partial charge in [-0.15, -0.1) is 0 Å². The highest BCUT2D eigenvalue weighted by atomic mass is 16.5. The largest absolute Gasteiger partial charge is 0.380 e. The Morgan fingerprint density at radius 2 is 2.06 bits per heavy atom. The Kier molecular flexibility index (Phi) is 10.4. The standard InChI is InChI=1S/C12H25N3O/c1-4-14-12(11-13)7-8-15(5-2)9-10-16-6-3/h12,14H,4-10H2,1-3H3. The molecule has 1 atom stereocenters. The normalized spacial score (nSPS) is 12.7. The first-order valence-electron chi connectivity index (χ1n) is 6.21. The predicted molar refractivity (Wildman–Crippen MR) is 66.3 cm³/mol. The van der Waals surface area contributed by atoms with Gasteiger partial charge in [-0.2, -0.15) is 5.26 Å². The van der Waals surface area contributed by atoms with Crippen molar-refractivity contribution in [1.29, 1.82) is 5.26 Å². The number of nitrogens with zero attached hydrogens (tertiary/aromatic N) is 2. The number of rotatable bonds is 10. The van der Waals surface area contributed by atoms with Crippen molar-refractivity contribution >= 4 is 0 Å². The molecule has 1 unspecified atom stereocenters. The molecule has 94 valence electrons. The van der Waals surface area contributed by atoms with Gasteiger partial charge in [0, 0.05) is 19.7 Å². The number of nitriles is 1. The Morgan fingerprint density at radius 1 is 1.31 bits per heavy atom. The molecular weight excluding hydrogens is 202 g/mol. The third kappa shape index (κ3) is 7.63. The van der Waals surface area contributed by atoms with Crippen molar-refractivity contribution in [3.63, 3.8) is 0 Å². The molecule has 0 fully saturated rings. The molecule has 0 aliphatic heterocycles. The van der Waals surface area contributed by atoms with Gasteiger partial charge in [0.25, 0.3) is 0 Å². The van der Waals surface area contributed by atoms with Crippen LogP contribution in [0.2, 0.25) is 0 Å². The molecule has 0 aromatic carbocycles. The number of nitrogens with one attached hydrogen (secondary N) is 1. The summed E-state index contributed by atoms with van der Waals surface area (Å²) in [5.74, 6) is 0. The predicted octanol–water partition coefficient (Wildman–Crippen LogP) is 1.24. The van der Waals surface area contributed by atoms with E-state index < -0.39 is 0 Å². The van der Waals surface area contributed by atoms with Crippen LogP contribution in [0.4, 0.5) is 0 Å². The summed E-state index contributed by atoms with van der Waals surface area (Å²) in [7, 11) is 0. The molecule has 0 bridgehead atoms. The lowest BCUT2D eigenvalue weighted by Crippen LogP contribution is -2.34. The molecule has 0 saturated carbocycles. The summed E-state index contributed by atoms with van der Waals surface area (Å²) in [6.07, 6.45) is 0.879. The Labute approximate surface area is 99.6 Å². The fraction of sp³-hybridized carbons (Fsp3) is 0.917. The highest BCUT2D eigenvalue weighted by Gasteiger charge is 2.08. The first-order chi connectivity index (χ1) is 7.78. The first kappa shape index (κ1) is 15.4. The Hall–Kier alpha value is -0.630. The molecule has 0 aromatic rings. The van der Waals surface area contributed by atoms with Crippen molar-refractivity contribution in [2.45, 2.75) is 33.2 Å². The van der Waals surface area contributed by atoms with E-state index in [1.807, 2.05) is 13.8 Å². The lowest BCUT2D eigenvalue weighted by atomic mass is 10.2. The zero-order valence-electron chi connectivity index (χ0n) is 10.8. The second-order valence-electron chi connectivity index (χ2n) is 3.66. The number of ether oxygens (including phenoxy) is 1. The monoisotopic (exact) mass is 227 g/mol. The molecule has 0 radical (unpaired) electrons. The third-order valence-electron chi connectivity index (χ3n) is 2.54. The van der Waals surface area contributed by atoms with E-state index in [1.54, 1.807) is 0 Å². The minimum Gasteiger partial charge on any atom is -0.380 e. The van der Waals surface area contributed by atoms with Crippen molar-refractivity contribution in [3.8, 4) is 6.07 Å². The molecule has 0 saturated heterocycles. The molecule has 0 amide bonds. The van der Waals surface area contributed by atoms with Crippen molar-refractivity contribution < 1.29 is 4.74 Å². The molecule has 0 aliphatic rings. The Morgan fingerprint density at radius 3 is 2.56 bits per heavy atom. The minimum atomic E-state index is -0.0221. The summed E-state index contributed by atoms with van der Waals surface area (Å²) in [6.45, 7) is 11.5. The molecule has 0 spiro atoms. The molecule has 4 nitrogen and oxygen atoms in total. The summed E-state index contributed by atoms with van der Waals surface area (Å²) in [5, 5.41) is 12.1. The molecule has 0 heterocycles. The Balaban J connectivity index is 3.71. The van der Waals surface area contributed by atoms with Gasteiger partial charge in [-0.3, -0.25) is 0 Å². The lowest BCUT2D eigenvalue weighted by molar-refractivity contribution is 0.114. The molecule has 4 heteroatoms. The van der Waals surface area contributed by atoms with Gasteiger partial charge in [0.2, 0.25) is 0 Å². The van der Waals surface area contributed by atoms with Gasteiger partial charge in [-0.25, -0.2) is 0 Å². The smallest absolute Gasteiger partial charge is 0.0965 e. The number of likely N-dealkylation sites (N-methyl/N-ethyl adjacent to an activating group) is 1. The van der Waals surface area contributed by atoms with E-state index in [-0.39, 0.29) is 6.04 Å². The third-order valence-corrected chi connectivity index (χ3v) is 2.54. The fourth-order valence-corrected chi connectivity index (χ4v) is 1.54. The van der Waals surface area contributed by atoms with Crippen LogP contribution in [0, 0.1) is 11.3 Å². The van der Waals surface area contributed by atoms with Crippen LogP contribution in [0.1, 0.15) is 27.2 Å². The van der Waals surface area contributed by atoms with E-state index in [9.17, 15) is 0 Å². The maximum atomic E-state index is 8.90. The summed E-state index contributed by atoms with van der Waals surface area (Å²) in [4.78, 5) is 2.32. The summed E-state index contributed by atoms with van der Waals surface area (Å²) < 4.78 is 5.32. The van der Waals surface area contributed by atoms with Crippen molar-refractivity contribution in [3.05, 3.63) is 0 Å². The van der Waals surface area contributed by atoms with E-state index >= 15 is 0 Å². The van der Waals surface area contributed by atoms with Gasteiger partial charge in [-0.1, -0.05) is 13.8 Å². The Bertz CT molecular complexity index is 191. The highest BCUT2D eigenvalue weighted by Crippen LogP contribution is 1.96. The van der Waals surface area contributed by atoms with Crippen LogP contribution in [0.3, 0.4) is 0 Å². The average Bonchev–Trinajstić information content (AvgIpc) is 2.31. The van der Waals surface area contributed by atoms with E-state index in [1.165, 1.54) is 0 Å². The van der Waals surface area contributed by atoms with Gasteiger partial charge in [0.05, 0.1) is 18.7 Å².